The molecule has 0 fully saturated rings. The van der Waals surface area contributed by atoms with Gasteiger partial charge in [0.05, 0.1) is 5.69 Å². The second-order valence-corrected chi connectivity index (χ2v) is 5.27. The number of nitrogen functional groups attached to an aromatic ring is 1. The minimum atomic E-state index is 0.143. The Hall–Kier alpha value is -1.52. The molecule has 1 aromatic heterocycles. The van der Waals surface area contributed by atoms with Gasteiger partial charge in [0.1, 0.15) is 5.75 Å². The molecule has 0 saturated carbocycles. The Kier molecular flexibility index (Phi) is 3.36. The third-order valence-corrected chi connectivity index (χ3v) is 3.45. The van der Waals surface area contributed by atoms with Crippen LogP contribution < -0.4 is 5.73 Å². The minimum absolute atomic E-state index is 0.143. The average Bonchev–Trinajstić information content (AvgIpc) is 2.69. The van der Waals surface area contributed by atoms with Gasteiger partial charge < -0.3 is 15.7 Å². The highest BCUT2D eigenvalue weighted by Gasteiger charge is 2.09. The summed E-state index contributed by atoms with van der Waals surface area (Å²) >= 11 is 1.73. The van der Waals surface area contributed by atoms with Crippen molar-refractivity contribution < 1.29 is 5.11 Å². The summed E-state index contributed by atoms with van der Waals surface area (Å²) in [6.45, 7) is 0.901. The number of phenolic OH excluding ortho intramolecular Hbond substituents is 1. The van der Waals surface area contributed by atoms with Gasteiger partial charge in [-0.2, -0.15) is 0 Å². The number of benzene rings is 1. The quantitative estimate of drug-likeness (QED) is 0.648. The van der Waals surface area contributed by atoms with E-state index in [-0.39, 0.29) is 5.75 Å². The summed E-state index contributed by atoms with van der Waals surface area (Å²) in [5.41, 5.74) is 8.20. The highest BCUT2D eigenvalue weighted by atomic mass is 32.1. The number of thiophene rings is 1. The van der Waals surface area contributed by atoms with Gasteiger partial charge in [0.15, 0.2) is 0 Å². The van der Waals surface area contributed by atoms with Crippen LogP contribution in [0.25, 0.3) is 11.1 Å². The van der Waals surface area contributed by atoms with Crippen LogP contribution in [0.5, 0.6) is 5.75 Å². The third kappa shape index (κ3) is 2.60. The molecule has 0 aliphatic heterocycles. The van der Waals surface area contributed by atoms with Crippen LogP contribution in [-0.4, -0.2) is 24.1 Å². The van der Waals surface area contributed by atoms with Crippen molar-refractivity contribution in [1.82, 2.24) is 4.90 Å². The molecule has 0 unspecified atom stereocenters. The molecule has 0 amide bonds. The number of rotatable bonds is 3. The van der Waals surface area contributed by atoms with Crippen molar-refractivity contribution in [3.63, 3.8) is 0 Å². The highest BCUT2D eigenvalue weighted by molar-refractivity contribution is 7.10. The Morgan fingerprint density at radius 2 is 2.06 bits per heavy atom. The molecule has 0 bridgehead atoms. The lowest BCUT2D eigenvalue weighted by atomic mass is 10.1. The smallest absolute Gasteiger partial charge is 0.139 e. The van der Waals surface area contributed by atoms with Crippen LogP contribution in [-0.2, 0) is 6.54 Å². The zero-order chi connectivity index (χ0) is 12.4. The van der Waals surface area contributed by atoms with Gasteiger partial charge in [-0.05, 0) is 48.8 Å². The van der Waals surface area contributed by atoms with E-state index < -0.39 is 0 Å². The maximum atomic E-state index is 9.64. The fourth-order valence-corrected chi connectivity index (χ4v) is 2.73. The summed E-state index contributed by atoms with van der Waals surface area (Å²) in [4.78, 5) is 3.42. The van der Waals surface area contributed by atoms with Crippen LogP contribution in [0, 0.1) is 0 Å². The molecule has 0 aliphatic carbocycles. The Bertz CT molecular complexity index is 520. The summed E-state index contributed by atoms with van der Waals surface area (Å²) in [6.07, 6.45) is 0. The molecular weight excluding hydrogens is 232 g/mol. The Morgan fingerprint density at radius 3 is 2.71 bits per heavy atom. The molecule has 2 aromatic rings. The minimum Gasteiger partial charge on any atom is -0.506 e. The highest BCUT2D eigenvalue weighted by Crippen LogP contribution is 2.33. The zero-order valence-corrected chi connectivity index (χ0v) is 10.8. The molecule has 3 N–H and O–H groups in total. The molecule has 1 heterocycles. The van der Waals surface area contributed by atoms with Crippen LogP contribution in [0.15, 0.2) is 29.6 Å². The van der Waals surface area contributed by atoms with Gasteiger partial charge in [-0.1, -0.05) is 6.07 Å². The maximum Gasteiger partial charge on any atom is 0.139 e. The van der Waals surface area contributed by atoms with Crippen molar-refractivity contribution in [3.8, 4) is 16.9 Å². The first-order valence-electron chi connectivity index (χ1n) is 5.38. The van der Waals surface area contributed by atoms with Gasteiger partial charge in [0.25, 0.3) is 0 Å². The van der Waals surface area contributed by atoms with Gasteiger partial charge in [-0.3, -0.25) is 0 Å². The molecular formula is C13H16N2OS. The van der Waals surface area contributed by atoms with E-state index in [1.165, 1.54) is 10.4 Å². The number of nitrogens with zero attached hydrogens (tertiary/aromatic N) is 1. The molecule has 0 radical (unpaired) electrons. The Labute approximate surface area is 105 Å². The number of aromatic hydroxyl groups is 1. The third-order valence-electron chi connectivity index (χ3n) is 2.55. The van der Waals surface area contributed by atoms with Crippen LogP contribution in [0.2, 0.25) is 0 Å². The van der Waals surface area contributed by atoms with Gasteiger partial charge in [0.2, 0.25) is 0 Å². The molecule has 0 spiro atoms. The lowest BCUT2D eigenvalue weighted by Crippen LogP contribution is -2.09. The monoisotopic (exact) mass is 248 g/mol. The number of nitrogens with two attached hydrogens (primary N) is 1. The topological polar surface area (TPSA) is 49.5 Å². The lowest BCUT2D eigenvalue weighted by Gasteiger charge is -2.10. The van der Waals surface area contributed by atoms with Crippen molar-refractivity contribution in [2.24, 2.45) is 0 Å². The summed E-state index contributed by atoms with van der Waals surface area (Å²) in [5.74, 6) is 0.143. The molecule has 17 heavy (non-hydrogen) atoms. The molecule has 4 heteroatoms. The standard InChI is InChI=1S/C13H16N2OS/c1-15(2)8-13-10(5-6-17-13)9-3-4-11(14)12(16)7-9/h3-7,16H,8,14H2,1-2H3. The molecule has 90 valence electrons. The van der Waals surface area contributed by atoms with Crippen LogP contribution in [0.3, 0.4) is 0 Å². The fourth-order valence-electron chi connectivity index (χ4n) is 1.72. The first kappa shape index (κ1) is 12.0. The molecule has 1 aromatic carbocycles. The number of hydrogen-bond acceptors (Lipinski definition) is 4. The molecule has 0 atom stereocenters. The first-order valence-corrected chi connectivity index (χ1v) is 6.26. The zero-order valence-electron chi connectivity index (χ0n) is 9.97. The molecule has 3 nitrogen and oxygen atoms in total. The van der Waals surface area contributed by atoms with Gasteiger partial charge in [-0.25, -0.2) is 0 Å². The summed E-state index contributed by atoms with van der Waals surface area (Å²) in [5, 5.41) is 11.7. The largest absolute Gasteiger partial charge is 0.506 e. The van der Waals surface area contributed by atoms with Crippen molar-refractivity contribution in [3.05, 3.63) is 34.5 Å². The molecule has 2 rings (SSSR count). The summed E-state index contributed by atoms with van der Waals surface area (Å²) in [7, 11) is 4.09. The molecule has 0 aliphatic rings. The summed E-state index contributed by atoms with van der Waals surface area (Å²) < 4.78 is 0. The van der Waals surface area contributed by atoms with Crippen molar-refractivity contribution in [2.45, 2.75) is 6.54 Å². The lowest BCUT2D eigenvalue weighted by molar-refractivity contribution is 0.407. The van der Waals surface area contributed by atoms with E-state index in [9.17, 15) is 5.11 Å². The number of hydrogen-bond donors (Lipinski definition) is 2. The van der Waals surface area contributed by atoms with E-state index in [2.05, 4.69) is 16.3 Å². The van der Waals surface area contributed by atoms with Crippen LogP contribution in [0.1, 0.15) is 4.88 Å². The summed E-state index contributed by atoms with van der Waals surface area (Å²) in [6, 6.07) is 7.48. The second-order valence-electron chi connectivity index (χ2n) is 4.27. The first-order chi connectivity index (χ1) is 8.08. The predicted molar refractivity (Wildman–Crippen MR) is 73.2 cm³/mol. The predicted octanol–water partition coefficient (Wildman–Crippen LogP) is 2.76. The van der Waals surface area contributed by atoms with Crippen LogP contribution >= 0.6 is 11.3 Å². The van der Waals surface area contributed by atoms with E-state index in [0.717, 1.165) is 12.1 Å². The Morgan fingerprint density at radius 1 is 1.29 bits per heavy atom. The van der Waals surface area contributed by atoms with E-state index in [4.69, 9.17) is 5.73 Å². The number of anilines is 1. The van der Waals surface area contributed by atoms with Crippen molar-refractivity contribution in [2.75, 3.05) is 19.8 Å². The van der Waals surface area contributed by atoms with E-state index in [1.54, 1.807) is 23.5 Å². The van der Waals surface area contributed by atoms with E-state index in [0.29, 0.717) is 5.69 Å². The average molecular weight is 248 g/mol. The SMILES string of the molecule is CN(C)Cc1sccc1-c1ccc(N)c(O)c1. The fraction of sp³-hybridized carbons (Fsp3) is 0.231. The van der Waals surface area contributed by atoms with Gasteiger partial charge in [0, 0.05) is 11.4 Å². The van der Waals surface area contributed by atoms with Crippen LogP contribution in [0.4, 0.5) is 5.69 Å². The van der Waals surface area contributed by atoms with E-state index in [1.807, 2.05) is 20.2 Å². The van der Waals surface area contributed by atoms with Gasteiger partial charge in [-0.15, -0.1) is 11.3 Å². The Balaban J connectivity index is 2.39. The molecule has 0 saturated heterocycles. The van der Waals surface area contributed by atoms with Crippen molar-refractivity contribution in [1.29, 1.82) is 0 Å². The number of phenols is 1. The van der Waals surface area contributed by atoms with E-state index >= 15 is 0 Å². The van der Waals surface area contributed by atoms with Crippen molar-refractivity contribution >= 4 is 17.0 Å². The maximum absolute atomic E-state index is 9.64. The van der Waals surface area contributed by atoms with Gasteiger partial charge >= 0.3 is 0 Å². The second kappa shape index (κ2) is 4.77. The normalized spacial score (nSPS) is 11.0.